The van der Waals surface area contributed by atoms with Crippen molar-refractivity contribution in [2.45, 2.75) is 52.6 Å². The Balaban J connectivity index is 2.83. The van der Waals surface area contributed by atoms with Gasteiger partial charge in [0.1, 0.15) is 6.04 Å². The average Bonchev–Trinajstić information content (AvgIpc) is 2.88. The number of nitrogens with one attached hydrogen (secondary N) is 2. The summed E-state index contributed by atoms with van der Waals surface area (Å²) in [5.74, 6) is 0.118. The SMILES string of the molecule is CCNC(=O)[C@H](C(C)C)N(CC)C(=O)[C@@H]1CCCN1. The summed E-state index contributed by atoms with van der Waals surface area (Å²) in [5, 5.41) is 6.05. The molecule has 2 N–H and O–H groups in total. The van der Waals surface area contributed by atoms with E-state index in [1.54, 1.807) is 4.90 Å². The Morgan fingerprint density at radius 3 is 2.47 bits per heavy atom. The fourth-order valence-electron chi connectivity index (χ4n) is 2.67. The Morgan fingerprint density at radius 1 is 1.37 bits per heavy atom. The lowest BCUT2D eigenvalue weighted by Crippen LogP contribution is -2.56. The van der Waals surface area contributed by atoms with Gasteiger partial charge in [-0.25, -0.2) is 0 Å². The summed E-state index contributed by atoms with van der Waals surface area (Å²) in [7, 11) is 0. The molecule has 0 bridgehead atoms. The molecule has 1 aliphatic rings. The molecule has 0 aromatic carbocycles. The molecule has 1 fully saturated rings. The molecule has 2 amide bonds. The van der Waals surface area contributed by atoms with Crippen LogP contribution in [-0.4, -0.2) is 48.4 Å². The molecule has 1 saturated heterocycles. The smallest absolute Gasteiger partial charge is 0.243 e. The van der Waals surface area contributed by atoms with Crippen LogP contribution in [0.25, 0.3) is 0 Å². The summed E-state index contributed by atoms with van der Waals surface area (Å²) < 4.78 is 0. The zero-order valence-electron chi connectivity index (χ0n) is 12.5. The van der Waals surface area contributed by atoms with Gasteiger partial charge in [-0.1, -0.05) is 13.8 Å². The molecule has 1 rings (SSSR count). The number of likely N-dealkylation sites (N-methyl/N-ethyl adjacent to an activating group) is 2. The van der Waals surface area contributed by atoms with Crippen LogP contribution in [0, 0.1) is 5.92 Å². The van der Waals surface area contributed by atoms with Gasteiger partial charge in [-0.2, -0.15) is 0 Å². The van der Waals surface area contributed by atoms with Gasteiger partial charge in [-0.3, -0.25) is 9.59 Å². The predicted molar refractivity (Wildman–Crippen MR) is 75.7 cm³/mol. The minimum atomic E-state index is -0.375. The maximum atomic E-state index is 12.5. The van der Waals surface area contributed by atoms with Crippen LogP contribution < -0.4 is 10.6 Å². The van der Waals surface area contributed by atoms with Gasteiger partial charge in [0.2, 0.25) is 11.8 Å². The van der Waals surface area contributed by atoms with Crippen molar-refractivity contribution in [2.75, 3.05) is 19.6 Å². The zero-order chi connectivity index (χ0) is 14.4. The van der Waals surface area contributed by atoms with E-state index in [1.165, 1.54) is 0 Å². The van der Waals surface area contributed by atoms with Gasteiger partial charge in [-0.15, -0.1) is 0 Å². The molecule has 0 unspecified atom stereocenters. The number of carbonyl (C=O) groups excluding carboxylic acids is 2. The Kier molecular flexibility index (Phi) is 6.28. The van der Waals surface area contributed by atoms with Crippen molar-refractivity contribution in [1.29, 1.82) is 0 Å². The summed E-state index contributed by atoms with van der Waals surface area (Å²) in [4.78, 5) is 26.4. The summed E-state index contributed by atoms with van der Waals surface area (Å²) in [5.41, 5.74) is 0. The van der Waals surface area contributed by atoms with Crippen LogP contribution in [0.2, 0.25) is 0 Å². The maximum Gasteiger partial charge on any atom is 0.243 e. The first kappa shape index (κ1) is 16.0. The lowest BCUT2D eigenvalue weighted by Gasteiger charge is -2.34. The molecule has 0 aromatic heterocycles. The second-order valence-electron chi connectivity index (χ2n) is 5.36. The largest absolute Gasteiger partial charge is 0.355 e. The third-order valence-corrected chi connectivity index (χ3v) is 3.57. The maximum absolute atomic E-state index is 12.5. The molecule has 2 atom stereocenters. The Hall–Kier alpha value is -1.10. The van der Waals surface area contributed by atoms with Gasteiger partial charge in [0, 0.05) is 13.1 Å². The number of hydrogen-bond acceptors (Lipinski definition) is 3. The minimum absolute atomic E-state index is 0.0503. The number of rotatable bonds is 6. The highest BCUT2D eigenvalue weighted by Crippen LogP contribution is 2.16. The molecule has 1 aliphatic heterocycles. The van der Waals surface area contributed by atoms with Crippen LogP contribution in [-0.2, 0) is 9.59 Å². The molecule has 0 spiro atoms. The third-order valence-electron chi connectivity index (χ3n) is 3.57. The van der Waals surface area contributed by atoms with E-state index in [-0.39, 0.29) is 29.8 Å². The molecule has 0 radical (unpaired) electrons. The Labute approximate surface area is 116 Å². The van der Waals surface area contributed by atoms with E-state index in [2.05, 4.69) is 10.6 Å². The Morgan fingerprint density at radius 2 is 2.05 bits per heavy atom. The van der Waals surface area contributed by atoms with Crippen LogP contribution in [0.15, 0.2) is 0 Å². The van der Waals surface area contributed by atoms with E-state index in [0.29, 0.717) is 13.1 Å². The van der Waals surface area contributed by atoms with Crippen LogP contribution in [0.3, 0.4) is 0 Å². The first-order valence-electron chi connectivity index (χ1n) is 7.34. The van der Waals surface area contributed by atoms with Gasteiger partial charge in [0.15, 0.2) is 0 Å². The van der Waals surface area contributed by atoms with E-state index in [1.807, 2.05) is 27.7 Å². The highest BCUT2D eigenvalue weighted by atomic mass is 16.2. The van der Waals surface area contributed by atoms with Crippen LogP contribution in [0.5, 0.6) is 0 Å². The molecular weight excluding hydrogens is 242 g/mol. The van der Waals surface area contributed by atoms with Gasteiger partial charge in [-0.05, 0) is 39.2 Å². The van der Waals surface area contributed by atoms with Crippen molar-refractivity contribution in [2.24, 2.45) is 5.92 Å². The number of hydrogen-bond donors (Lipinski definition) is 2. The normalized spacial score (nSPS) is 20.4. The van der Waals surface area contributed by atoms with Gasteiger partial charge in [0.25, 0.3) is 0 Å². The summed E-state index contributed by atoms with van der Waals surface area (Å²) in [6.45, 7) is 9.84. The molecule has 5 nitrogen and oxygen atoms in total. The number of nitrogens with zero attached hydrogens (tertiary/aromatic N) is 1. The number of carbonyl (C=O) groups is 2. The Bertz CT molecular complexity index is 312. The van der Waals surface area contributed by atoms with Gasteiger partial charge < -0.3 is 15.5 Å². The van der Waals surface area contributed by atoms with Crippen molar-refractivity contribution in [3.8, 4) is 0 Å². The topological polar surface area (TPSA) is 61.4 Å². The monoisotopic (exact) mass is 269 g/mol. The fraction of sp³-hybridized carbons (Fsp3) is 0.857. The lowest BCUT2D eigenvalue weighted by molar-refractivity contribution is -0.143. The minimum Gasteiger partial charge on any atom is -0.355 e. The van der Waals surface area contributed by atoms with Crippen molar-refractivity contribution in [1.82, 2.24) is 15.5 Å². The molecule has 0 saturated carbocycles. The summed E-state index contributed by atoms with van der Waals surface area (Å²) in [6, 6.07) is -0.490. The standard InChI is InChI=1S/C14H27N3O2/c1-5-15-13(18)12(10(3)4)17(6-2)14(19)11-8-7-9-16-11/h10-12,16H,5-9H2,1-4H3,(H,15,18)/t11-,12-/m0/s1. The van der Waals surface area contributed by atoms with Crippen molar-refractivity contribution < 1.29 is 9.59 Å². The average molecular weight is 269 g/mol. The highest BCUT2D eigenvalue weighted by molar-refractivity contribution is 5.90. The van der Waals surface area contributed by atoms with Crippen molar-refractivity contribution in [3.05, 3.63) is 0 Å². The van der Waals surface area contributed by atoms with E-state index >= 15 is 0 Å². The predicted octanol–water partition coefficient (Wildman–Crippen LogP) is 0.748. The molecule has 1 heterocycles. The number of amides is 2. The van der Waals surface area contributed by atoms with E-state index < -0.39 is 0 Å². The van der Waals surface area contributed by atoms with Crippen LogP contribution >= 0.6 is 0 Å². The molecule has 110 valence electrons. The van der Waals surface area contributed by atoms with Crippen molar-refractivity contribution >= 4 is 11.8 Å². The summed E-state index contributed by atoms with van der Waals surface area (Å²) >= 11 is 0. The van der Waals surface area contributed by atoms with Crippen molar-refractivity contribution in [3.63, 3.8) is 0 Å². The summed E-state index contributed by atoms with van der Waals surface area (Å²) in [6.07, 6.45) is 1.90. The van der Waals surface area contributed by atoms with Gasteiger partial charge >= 0.3 is 0 Å². The lowest BCUT2D eigenvalue weighted by atomic mass is 10.00. The first-order chi connectivity index (χ1) is 9.02. The second-order valence-corrected chi connectivity index (χ2v) is 5.36. The highest BCUT2D eigenvalue weighted by Gasteiger charge is 2.35. The molecule has 0 aromatic rings. The van der Waals surface area contributed by atoms with E-state index in [0.717, 1.165) is 19.4 Å². The van der Waals surface area contributed by atoms with E-state index in [4.69, 9.17) is 0 Å². The molecular formula is C14H27N3O2. The van der Waals surface area contributed by atoms with Crippen LogP contribution in [0.4, 0.5) is 0 Å². The van der Waals surface area contributed by atoms with Crippen LogP contribution in [0.1, 0.15) is 40.5 Å². The fourth-order valence-corrected chi connectivity index (χ4v) is 2.67. The molecule has 0 aliphatic carbocycles. The van der Waals surface area contributed by atoms with E-state index in [9.17, 15) is 9.59 Å². The third kappa shape index (κ3) is 3.93. The zero-order valence-corrected chi connectivity index (χ0v) is 12.5. The first-order valence-corrected chi connectivity index (χ1v) is 7.34. The second kappa shape index (κ2) is 7.48. The molecule has 5 heteroatoms. The van der Waals surface area contributed by atoms with Gasteiger partial charge in [0.05, 0.1) is 6.04 Å². The molecule has 19 heavy (non-hydrogen) atoms. The quantitative estimate of drug-likeness (QED) is 0.748.